The molecule has 0 fully saturated rings. The van der Waals surface area contributed by atoms with Crippen molar-refractivity contribution in [2.75, 3.05) is 0 Å². The molecule has 0 aromatic rings. The molecular weight excluding hydrogens is 124 g/mol. The fraction of sp³-hybridized carbons (Fsp3) is 0.600. The molecule has 0 nitrogen and oxygen atoms in total. The first-order chi connectivity index (χ1) is 3.27. The molecule has 0 aliphatic heterocycles. The zero-order valence-electron chi connectivity index (χ0n) is 4.22. The Labute approximate surface area is 56.5 Å². The van der Waals surface area contributed by atoms with Crippen molar-refractivity contribution >= 4 is 25.3 Å². The third-order valence-electron chi connectivity index (χ3n) is 0.650. The smallest absolute Gasteiger partial charge is 0.0784 e. The van der Waals surface area contributed by atoms with E-state index in [1.165, 1.54) is 0 Å². The summed E-state index contributed by atoms with van der Waals surface area (Å²) in [5, 5.41) is 0. The van der Waals surface area contributed by atoms with Gasteiger partial charge in [0.15, 0.2) is 0 Å². The predicted octanol–water partition coefficient (Wildman–Crippen LogP) is 2.34. The summed E-state index contributed by atoms with van der Waals surface area (Å²) < 4.78 is 0.906. The number of rotatable bonds is 3. The van der Waals surface area contributed by atoms with Gasteiger partial charge in [-0.2, -0.15) is 25.3 Å². The van der Waals surface area contributed by atoms with E-state index < -0.39 is 0 Å². The van der Waals surface area contributed by atoms with Crippen molar-refractivity contribution in [1.29, 1.82) is 0 Å². The summed E-state index contributed by atoms with van der Waals surface area (Å²) in [4.78, 5) is 0. The van der Waals surface area contributed by atoms with Crippen molar-refractivity contribution in [2.45, 2.75) is 19.3 Å². The number of hydrogen-bond donors (Lipinski definition) is 2. The zero-order chi connectivity index (χ0) is 5.70. The van der Waals surface area contributed by atoms with Crippen LogP contribution in [-0.4, -0.2) is 0 Å². The normalized spacial score (nSPS) is 10.3. The van der Waals surface area contributed by atoms with Gasteiger partial charge in [-0.15, -0.1) is 0 Å². The summed E-state index contributed by atoms with van der Waals surface area (Å²) in [7, 11) is 0. The van der Waals surface area contributed by atoms with Gasteiger partial charge in [0, 0.05) is 0 Å². The molecule has 0 aliphatic carbocycles. The van der Waals surface area contributed by atoms with Gasteiger partial charge in [0.05, 0.1) is 4.58 Å². The summed E-state index contributed by atoms with van der Waals surface area (Å²) in [6, 6.07) is 0. The maximum Gasteiger partial charge on any atom is 0.0784 e. The maximum absolute atomic E-state index is 3.99. The lowest BCUT2D eigenvalue weighted by atomic mass is 10.3. The van der Waals surface area contributed by atoms with Gasteiger partial charge in [0.25, 0.3) is 0 Å². The molecule has 2 radical (unpaired) electrons. The Morgan fingerprint density at radius 3 is 2.14 bits per heavy atom. The quantitative estimate of drug-likeness (QED) is 0.544. The molecule has 42 valence electrons. The number of thiol groups is 2. The first kappa shape index (κ1) is 7.70. The van der Waals surface area contributed by atoms with Crippen molar-refractivity contribution in [3.8, 4) is 0 Å². The minimum atomic E-state index is 0.906. The topological polar surface area (TPSA) is 0 Å². The predicted molar refractivity (Wildman–Crippen MR) is 40.4 cm³/mol. The van der Waals surface area contributed by atoms with Crippen molar-refractivity contribution in [3.05, 3.63) is 11.5 Å². The highest BCUT2D eigenvalue weighted by Gasteiger charge is 1.91. The summed E-state index contributed by atoms with van der Waals surface area (Å²) in [6.45, 7) is 3.68. The van der Waals surface area contributed by atoms with Gasteiger partial charge in [0.1, 0.15) is 0 Å². The third kappa shape index (κ3) is 6.70. The van der Waals surface area contributed by atoms with Crippen LogP contribution in [0.15, 0.2) is 0 Å². The van der Waals surface area contributed by atoms with Crippen molar-refractivity contribution < 1.29 is 0 Å². The van der Waals surface area contributed by atoms with Gasteiger partial charge >= 0.3 is 0 Å². The summed E-state index contributed by atoms with van der Waals surface area (Å²) in [5.74, 6) is 0. The Kier molecular flexibility index (Phi) is 5.33. The van der Waals surface area contributed by atoms with Gasteiger partial charge < -0.3 is 0 Å². The molecular formula is C5H10S2. The molecule has 0 saturated heterocycles. The van der Waals surface area contributed by atoms with Crippen molar-refractivity contribution in [2.24, 2.45) is 0 Å². The van der Waals surface area contributed by atoms with E-state index in [1.807, 2.05) is 0 Å². The lowest BCUT2D eigenvalue weighted by molar-refractivity contribution is 0.848. The minimum Gasteiger partial charge on any atom is -0.159 e. The van der Waals surface area contributed by atoms with Crippen LogP contribution < -0.4 is 0 Å². The van der Waals surface area contributed by atoms with Gasteiger partial charge in [-0.3, -0.25) is 0 Å². The summed E-state index contributed by atoms with van der Waals surface area (Å²) in [6.07, 6.45) is 3.06. The molecule has 7 heavy (non-hydrogen) atoms. The Hall–Kier alpha value is 0.700. The number of unbranched alkanes of at least 4 members (excludes halogenated alkanes) is 1. The Balaban J connectivity index is 2.68. The van der Waals surface area contributed by atoms with E-state index in [2.05, 4.69) is 32.2 Å². The molecule has 0 bridgehead atoms. The Morgan fingerprint density at radius 2 is 2.00 bits per heavy atom. The molecule has 0 saturated carbocycles. The molecule has 0 aliphatic rings. The van der Waals surface area contributed by atoms with Gasteiger partial charge in [-0.1, -0.05) is 19.8 Å². The van der Waals surface area contributed by atoms with Gasteiger partial charge in [-0.05, 0) is 6.42 Å². The van der Waals surface area contributed by atoms with Crippen LogP contribution in [0.3, 0.4) is 0 Å². The van der Waals surface area contributed by atoms with Crippen LogP contribution in [0.5, 0.6) is 0 Å². The molecule has 0 amide bonds. The van der Waals surface area contributed by atoms with Crippen LogP contribution in [0, 0.1) is 11.5 Å². The molecule has 0 rings (SSSR count). The van der Waals surface area contributed by atoms with E-state index in [0.717, 1.165) is 23.8 Å². The Bertz CT molecular complexity index is 35.1. The highest BCUT2D eigenvalue weighted by Crippen LogP contribution is 2.17. The SMILES string of the molecule is [CH2]CCC[C](S)S. The molecule has 0 atom stereocenters. The fourth-order valence-corrected chi connectivity index (χ4v) is 0.599. The molecule has 2 heteroatoms. The lowest BCUT2D eigenvalue weighted by Gasteiger charge is -1.96. The van der Waals surface area contributed by atoms with E-state index in [0.29, 0.717) is 0 Å². The van der Waals surface area contributed by atoms with E-state index in [-0.39, 0.29) is 0 Å². The van der Waals surface area contributed by atoms with Crippen LogP contribution in [0.4, 0.5) is 0 Å². The van der Waals surface area contributed by atoms with Crippen LogP contribution in [0.25, 0.3) is 0 Å². The molecule has 0 unspecified atom stereocenters. The average molecular weight is 134 g/mol. The van der Waals surface area contributed by atoms with Gasteiger partial charge in [0.2, 0.25) is 0 Å². The molecule has 0 aromatic carbocycles. The van der Waals surface area contributed by atoms with E-state index in [1.54, 1.807) is 0 Å². The second kappa shape index (κ2) is 4.85. The highest BCUT2D eigenvalue weighted by atomic mass is 32.2. The van der Waals surface area contributed by atoms with E-state index in [4.69, 9.17) is 0 Å². The van der Waals surface area contributed by atoms with E-state index in [9.17, 15) is 0 Å². The monoisotopic (exact) mass is 134 g/mol. The maximum atomic E-state index is 3.99. The summed E-state index contributed by atoms with van der Waals surface area (Å²) >= 11 is 7.97. The first-order valence-electron chi connectivity index (χ1n) is 2.30. The highest BCUT2D eigenvalue weighted by molar-refractivity contribution is 8.03. The van der Waals surface area contributed by atoms with Gasteiger partial charge in [-0.25, -0.2) is 0 Å². The molecule has 0 heterocycles. The molecule has 0 N–H and O–H groups in total. The van der Waals surface area contributed by atoms with Crippen LogP contribution >= 0.6 is 25.3 Å². The lowest BCUT2D eigenvalue weighted by Crippen LogP contribution is -1.74. The van der Waals surface area contributed by atoms with Crippen LogP contribution in [0.2, 0.25) is 0 Å². The average Bonchev–Trinajstić information content (AvgIpc) is 1.61. The second-order valence-electron chi connectivity index (χ2n) is 1.37. The second-order valence-corrected chi connectivity index (χ2v) is 2.81. The molecule has 0 spiro atoms. The van der Waals surface area contributed by atoms with Crippen molar-refractivity contribution in [3.63, 3.8) is 0 Å². The first-order valence-corrected chi connectivity index (χ1v) is 3.20. The van der Waals surface area contributed by atoms with E-state index >= 15 is 0 Å². The number of hydrogen-bond acceptors (Lipinski definition) is 2. The van der Waals surface area contributed by atoms with Crippen molar-refractivity contribution in [1.82, 2.24) is 0 Å². The van der Waals surface area contributed by atoms with Crippen LogP contribution in [-0.2, 0) is 0 Å². The largest absolute Gasteiger partial charge is 0.159 e. The summed E-state index contributed by atoms with van der Waals surface area (Å²) in [5.41, 5.74) is 0. The fourth-order valence-electron chi connectivity index (χ4n) is 0.283. The van der Waals surface area contributed by atoms with Crippen LogP contribution in [0.1, 0.15) is 19.3 Å². The minimum absolute atomic E-state index is 0.906. The Morgan fingerprint density at radius 1 is 1.43 bits per heavy atom. The third-order valence-corrected chi connectivity index (χ3v) is 1.10. The molecule has 0 aromatic heterocycles. The zero-order valence-corrected chi connectivity index (χ0v) is 6.01. The standard InChI is InChI=1S/C5H10S2/c1-2-3-4-5(6)7/h6-7H,1-4H2.